The van der Waals surface area contributed by atoms with E-state index in [4.69, 9.17) is 19.1 Å². The first-order chi connectivity index (χ1) is 13.4. The third-order valence-electron chi connectivity index (χ3n) is 4.90. The zero-order chi connectivity index (χ0) is 20.0. The summed E-state index contributed by atoms with van der Waals surface area (Å²) in [6.45, 7) is 5.86. The summed E-state index contributed by atoms with van der Waals surface area (Å²) in [5.74, 6) is 1.27. The molecule has 1 aromatic carbocycles. The predicted molar refractivity (Wildman–Crippen MR) is 105 cm³/mol. The van der Waals surface area contributed by atoms with Gasteiger partial charge in [-0.05, 0) is 49.7 Å². The molecule has 0 unspecified atom stereocenters. The van der Waals surface area contributed by atoms with Crippen molar-refractivity contribution in [1.29, 1.82) is 0 Å². The molecule has 8 nitrogen and oxygen atoms in total. The van der Waals surface area contributed by atoms with Crippen molar-refractivity contribution in [1.82, 2.24) is 25.1 Å². The van der Waals surface area contributed by atoms with Crippen LogP contribution in [0.4, 0.5) is 0 Å². The third-order valence-corrected chi connectivity index (χ3v) is 4.90. The fourth-order valence-electron chi connectivity index (χ4n) is 3.43. The van der Waals surface area contributed by atoms with Gasteiger partial charge in [0.05, 0.1) is 25.3 Å². The average Bonchev–Trinajstić information content (AvgIpc) is 3.23. The van der Waals surface area contributed by atoms with Gasteiger partial charge in [-0.25, -0.2) is 9.61 Å². The minimum Gasteiger partial charge on any atom is -0.493 e. The zero-order valence-corrected chi connectivity index (χ0v) is 16.7. The van der Waals surface area contributed by atoms with Crippen LogP contribution in [0, 0.1) is 20.8 Å². The molecule has 0 saturated carbocycles. The lowest BCUT2D eigenvalue weighted by molar-refractivity contribution is 0.306. The molecule has 0 saturated heterocycles. The van der Waals surface area contributed by atoms with E-state index >= 15 is 0 Å². The second-order valence-electron chi connectivity index (χ2n) is 6.71. The van der Waals surface area contributed by atoms with Crippen LogP contribution in [0.1, 0.15) is 17.0 Å². The van der Waals surface area contributed by atoms with E-state index in [-0.39, 0.29) is 0 Å². The highest BCUT2D eigenvalue weighted by atomic mass is 16.6. The molecule has 3 heterocycles. The SMILES string of the molecule is COc1cc(C)cc(-c2cc(-c3nonc3C)c3c(C)n(C)nc3n2)c1OC. The van der Waals surface area contributed by atoms with Gasteiger partial charge in [-0.15, -0.1) is 0 Å². The quantitative estimate of drug-likeness (QED) is 0.535. The molecular weight excluding hydrogens is 358 g/mol. The summed E-state index contributed by atoms with van der Waals surface area (Å²) in [6, 6.07) is 5.92. The number of ether oxygens (including phenoxy) is 2. The van der Waals surface area contributed by atoms with Crippen LogP contribution in [0.15, 0.2) is 22.8 Å². The van der Waals surface area contributed by atoms with Crippen LogP contribution in [0.5, 0.6) is 11.5 Å². The van der Waals surface area contributed by atoms with Crippen LogP contribution in [0.25, 0.3) is 33.5 Å². The largest absolute Gasteiger partial charge is 0.493 e. The van der Waals surface area contributed by atoms with Gasteiger partial charge in [0.1, 0.15) is 11.4 Å². The molecule has 4 aromatic rings. The second-order valence-corrected chi connectivity index (χ2v) is 6.71. The average molecular weight is 379 g/mol. The summed E-state index contributed by atoms with van der Waals surface area (Å²) in [7, 11) is 5.13. The minimum absolute atomic E-state index is 0.619. The Labute approximate surface area is 162 Å². The number of hydrogen-bond donors (Lipinski definition) is 0. The molecule has 0 spiro atoms. The van der Waals surface area contributed by atoms with Gasteiger partial charge in [0, 0.05) is 23.9 Å². The lowest BCUT2D eigenvalue weighted by Gasteiger charge is -2.14. The van der Waals surface area contributed by atoms with E-state index in [1.165, 1.54) is 0 Å². The molecule has 4 rings (SSSR count). The maximum atomic E-state index is 5.63. The molecule has 0 amide bonds. The molecule has 3 aromatic heterocycles. The van der Waals surface area contributed by atoms with Gasteiger partial charge >= 0.3 is 0 Å². The Bertz CT molecular complexity index is 1190. The molecule has 28 heavy (non-hydrogen) atoms. The predicted octanol–water partition coefficient (Wildman–Crippen LogP) is 3.63. The fraction of sp³-hybridized carbons (Fsp3) is 0.300. The van der Waals surface area contributed by atoms with Gasteiger partial charge in [0.15, 0.2) is 17.1 Å². The maximum Gasteiger partial charge on any atom is 0.182 e. The highest BCUT2D eigenvalue weighted by Gasteiger charge is 2.22. The molecule has 0 aliphatic heterocycles. The van der Waals surface area contributed by atoms with E-state index < -0.39 is 0 Å². The topological polar surface area (TPSA) is 88.1 Å². The van der Waals surface area contributed by atoms with E-state index in [1.807, 2.05) is 50.7 Å². The third kappa shape index (κ3) is 2.69. The highest BCUT2D eigenvalue weighted by Crippen LogP contribution is 2.41. The smallest absolute Gasteiger partial charge is 0.182 e. The lowest BCUT2D eigenvalue weighted by Crippen LogP contribution is -1.97. The van der Waals surface area contributed by atoms with Gasteiger partial charge in [-0.2, -0.15) is 5.10 Å². The van der Waals surface area contributed by atoms with E-state index in [9.17, 15) is 0 Å². The summed E-state index contributed by atoms with van der Waals surface area (Å²) in [5, 5.41) is 13.5. The van der Waals surface area contributed by atoms with Gasteiger partial charge in [0.25, 0.3) is 0 Å². The summed E-state index contributed by atoms with van der Waals surface area (Å²) >= 11 is 0. The van der Waals surface area contributed by atoms with Crippen molar-refractivity contribution < 1.29 is 14.1 Å². The molecule has 0 atom stereocenters. The number of benzene rings is 1. The van der Waals surface area contributed by atoms with Crippen molar-refractivity contribution in [3.8, 4) is 34.0 Å². The van der Waals surface area contributed by atoms with Crippen LogP contribution < -0.4 is 9.47 Å². The summed E-state index contributed by atoms with van der Waals surface area (Å²) in [6.07, 6.45) is 0. The highest BCUT2D eigenvalue weighted by molar-refractivity contribution is 5.96. The Morgan fingerprint density at radius 3 is 2.39 bits per heavy atom. The van der Waals surface area contributed by atoms with Crippen molar-refractivity contribution in [3.63, 3.8) is 0 Å². The number of hydrogen-bond acceptors (Lipinski definition) is 7. The standard InChI is InChI=1S/C20H21N5O3/c1-10-7-13(19(27-6)16(8-10)26-5)15-9-14(18-11(2)23-28-24-18)17-12(3)25(4)22-20(17)21-15/h7-9H,1-6H3. The molecule has 0 bridgehead atoms. The zero-order valence-electron chi connectivity index (χ0n) is 16.7. The second kappa shape index (κ2) is 6.63. The molecular formula is C20H21N5O3. The summed E-state index contributed by atoms with van der Waals surface area (Å²) in [4.78, 5) is 4.81. The Kier molecular flexibility index (Phi) is 4.26. The monoisotopic (exact) mass is 379 g/mol. The number of methoxy groups -OCH3 is 2. The van der Waals surface area contributed by atoms with Crippen LogP contribution in [-0.2, 0) is 7.05 Å². The first-order valence-corrected chi connectivity index (χ1v) is 8.81. The Morgan fingerprint density at radius 2 is 1.75 bits per heavy atom. The maximum absolute atomic E-state index is 5.63. The number of rotatable bonds is 4. The van der Waals surface area contributed by atoms with Crippen molar-refractivity contribution in [2.45, 2.75) is 20.8 Å². The first kappa shape index (κ1) is 18.0. The first-order valence-electron chi connectivity index (χ1n) is 8.81. The van der Waals surface area contributed by atoms with Crippen LogP contribution in [-0.4, -0.2) is 39.3 Å². The van der Waals surface area contributed by atoms with Crippen molar-refractivity contribution in [2.75, 3.05) is 14.2 Å². The number of pyridine rings is 1. The number of aromatic nitrogens is 5. The van der Waals surface area contributed by atoms with Gasteiger partial charge in [-0.1, -0.05) is 5.16 Å². The van der Waals surface area contributed by atoms with E-state index in [0.717, 1.165) is 27.8 Å². The molecule has 0 aliphatic carbocycles. The van der Waals surface area contributed by atoms with Crippen LogP contribution >= 0.6 is 0 Å². The minimum atomic E-state index is 0.619. The van der Waals surface area contributed by atoms with Crippen molar-refractivity contribution in [2.24, 2.45) is 7.05 Å². The summed E-state index contributed by atoms with van der Waals surface area (Å²) in [5.41, 5.74) is 6.41. The number of aryl methyl sites for hydroxylation is 4. The molecule has 0 fully saturated rings. The molecule has 8 heteroatoms. The Balaban J connectivity index is 2.08. The van der Waals surface area contributed by atoms with Gasteiger partial charge in [-0.3, -0.25) is 4.68 Å². The molecule has 0 N–H and O–H groups in total. The van der Waals surface area contributed by atoms with Gasteiger partial charge < -0.3 is 9.47 Å². The van der Waals surface area contributed by atoms with E-state index in [1.54, 1.807) is 14.2 Å². The fourth-order valence-corrected chi connectivity index (χ4v) is 3.43. The number of nitrogens with zero attached hydrogens (tertiary/aromatic N) is 5. The molecule has 0 radical (unpaired) electrons. The Morgan fingerprint density at radius 1 is 0.964 bits per heavy atom. The number of fused-ring (bicyclic) bond motifs is 1. The van der Waals surface area contributed by atoms with Crippen LogP contribution in [0.3, 0.4) is 0 Å². The Hall–Kier alpha value is -3.42. The molecule has 144 valence electrons. The van der Waals surface area contributed by atoms with Crippen molar-refractivity contribution >= 4 is 11.0 Å². The summed E-state index contributed by atoms with van der Waals surface area (Å²) < 4.78 is 17.9. The normalized spacial score (nSPS) is 11.2. The van der Waals surface area contributed by atoms with Crippen LogP contribution in [0.2, 0.25) is 0 Å². The van der Waals surface area contributed by atoms with E-state index in [0.29, 0.717) is 34.2 Å². The lowest BCUT2D eigenvalue weighted by atomic mass is 10.0. The van der Waals surface area contributed by atoms with Gasteiger partial charge in [0.2, 0.25) is 0 Å². The molecule has 0 aliphatic rings. The van der Waals surface area contributed by atoms with Crippen molar-refractivity contribution in [3.05, 3.63) is 35.2 Å². The van der Waals surface area contributed by atoms with E-state index in [2.05, 4.69) is 15.4 Å².